The number of para-hydroxylation sites is 1. The van der Waals surface area contributed by atoms with Crippen LogP contribution in [0.15, 0.2) is 60.8 Å². The minimum Gasteiger partial charge on any atom is -0.359 e. The highest BCUT2D eigenvalue weighted by atomic mass is 19.1. The Morgan fingerprint density at radius 1 is 1.00 bits per heavy atom. The molecule has 0 unspecified atom stereocenters. The molecule has 0 aliphatic rings. The number of aldehydes is 1. The first-order valence-electron chi connectivity index (χ1n) is 5.53. The van der Waals surface area contributed by atoms with E-state index < -0.39 is 0 Å². The van der Waals surface area contributed by atoms with Crippen LogP contribution in [-0.2, 0) is 4.79 Å². The van der Waals surface area contributed by atoms with Gasteiger partial charge in [0.25, 0.3) is 0 Å². The molecular formula is C15H12FNO. The summed E-state index contributed by atoms with van der Waals surface area (Å²) < 4.78 is 13.4. The van der Waals surface area contributed by atoms with Crippen molar-refractivity contribution >= 4 is 17.5 Å². The number of allylic oxidation sites excluding steroid dienone is 1. The van der Waals surface area contributed by atoms with Crippen molar-refractivity contribution in [1.29, 1.82) is 0 Å². The van der Waals surface area contributed by atoms with Gasteiger partial charge in [0.2, 0.25) is 0 Å². The zero-order chi connectivity index (χ0) is 12.8. The van der Waals surface area contributed by atoms with Crippen LogP contribution in [-0.4, -0.2) is 6.29 Å². The number of carbonyl (C=O) groups excluding carboxylic acids is 1. The minimum absolute atomic E-state index is 0.341. The molecule has 0 heterocycles. The molecule has 2 aromatic rings. The van der Waals surface area contributed by atoms with Gasteiger partial charge in [-0.2, -0.15) is 0 Å². The predicted molar refractivity (Wildman–Crippen MR) is 70.5 cm³/mol. The van der Waals surface area contributed by atoms with E-state index in [4.69, 9.17) is 0 Å². The average Bonchev–Trinajstić information content (AvgIpc) is 2.42. The monoisotopic (exact) mass is 241 g/mol. The number of hydrogen-bond acceptors (Lipinski definition) is 2. The van der Waals surface area contributed by atoms with Crippen molar-refractivity contribution in [3.05, 3.63) is 72.2 Å². The molecule has 2 nitrogen and oxygen atoms in total. The Morgan fingerprint density at radius 2 is 1.67 bits per heavy atom. The molecule has 90 valence electrons. The second kappa shape index (κ2) is 5.77. The first kappa shape index (κ1) is 12.0. The standard InChI is InChI=1S/C15H12FNO/c16-14-8-4-5-9-15(14)17-10-13(11-18)12-6-2-1-3-7-12/h1-11,17H. The summed E-state index contributed by atoms with van der Waals surface area (Å²) in [7, 11) is 0. The zero-order valence-electron chi connectivity index (χ0n) is 9.64. The topological polar surface area (TPSA) is 29.1 Å². The van der Waals surface area contributed by atoms with Gasteiger partial charge in [0.1, 0.15) is 5.82 Å². The van der Waals surface area contributed by atoms with Crippen molar-refractivity contribution in [1.82, 2.24) is 0 Å². The van der Waals surface area contributed by atoms with E-state index in [1.165, 1.54) is 12.3 Å². The van der Waals surface area contributed by atoms with Crippen LogP contribution in [0.5, 0.6) is 0 Å². The van der Waals surface area contributed by atoms with Crippen LogP contribution < -0.4 is 5.32 Å². The number of carbonyl (C=O) groups is 1. The summed E-state index contributed by atoms with van der Waals surface area (Å²) in [6, 6.07) is 15.5. The van der Waals surface area contributed by atoms with E-state index in [1.807, 2.05) is 30.3 Å². The van der Waals surface area contributed by atoms with Gasteiger partial charge in [-0.25, -0.2) is 4.39 Å². The van der Waals surface area contributed by atoms with E-state index in [9.17, 15) is 9.18 Å². The molecule has 0 radical (unpaired) electrons. The highest BCUT2D eigenvalue weighted by molar-refractivity contribution is 6.07. The molecule has 0 spiro atoms. The largest absolute Gasteiger partial charge is 0.359 e. The van der Waals surface area contributed by atoms with Gasteiger partial charge in [-0.3, -0.25) is 4.79 Å². The lowest BCUT2D eigenvalue weighted by Crippen LogP contribution is -1.95. The van der Waals surface area contributed by atoms with Crippen LogP contribution in [0.3, 0.4) is 0 Å². The minimum atomic E-state index is -0.355. The number of anilines is 1. The molecule has 2 rings (SSSR count). The molecule has 1 N–H and O–H groups in total. The zero-order valence-corrected chi connectivity index (χ0v) is 9.64. The van der Waals surface area contributed by atoms with Crippen LogP contribution in [0.4, 0.5) is 10.1 Å². The second-order valence-electron chi connectivity index (χ2n) is 3.71. The van der Waals surface area contributed by atoms with Crippen LogP contribution in [0.25, 0.3) is 5.57 Å². The van der Waals surface area contributed by atoms with Crippen molar-refractivity contribution in [2.24, 2.45) is 0 Å². The lowest BCUT2D eigenvalue weighted by atomic mass is 10.1. The van der Waals surface area contributed by atoms with E-state index in [-0.39, 0.29) is 5.82 Å². The number of benzene rings is 2. The molecule has 0 saturated carbocycles. The maximum atomic E-state index is 13.4. The van der Waals surface area contributed by atoms with Crippen molar-refractivity contribution < 1.29 is 9.18 Å². The SMILES string of the molecule is O=CC(=CNc1ccccc1F)c1ccccc1. The lowest BCUT2D eigenvalue weighted by molar-refractivity contribution is -0.103. The number of nitrogens with one attached hydrogen (secondary N) is 1. The van der Waals surface area contributed by atoms with Gasteiger partial charge in [0.15, 0.2) is 6.29 Å². The molecule has 0 amide bonds. The van der Waals surface area contributed by atoms with E-state index in [2.05, 4.69) is 5.32 Å². The predicted octanol–water partition coefficient (Wildman–Crippen LogP) is 3.48. The van der Waals surface area contributed by atoms with Gasteiger partial charge >= 0.3 is 0 Å². The summed E-state index contributed by atoms with van der Waals surface area (Å²) in [5.74, 6) is -0.355. The molecule has 18 heavy (non-hydrogen) atoms. The Bertz CT molecular complexity index is 564. The molecule has 0 bridgehead atoms. The molecular weight excluding hydrogens is 229 g/mol. The van der Waals surface area contributed by atoms with E-state index >= 15 is 0 Å². The Labute approximate surface area is 105 Å². The summed E-state index contributed by atoms with van der Waals surface area (Å²) in [5, 5.41) is 2.79. The Morgan fingerprint density at radius 3 is 2.33 bits per heavy atom. The quantitative estimate of drug-likeness (QED) is 0.656. The molecule has 2 aromatic carbocycles. The summed E-state index contributed by atoms with van der Waals surface area (Å²) in [6.45, 7) is 0. The molecule has 0 aliphatic carbocycles. The van der Waals surface area contributed by atoms with Crippen molar-refractivity contribution in [2.75, 3.05) is 5.32 Å². The van der Waals surface area contributed by atoms with Crippen LogP contribution in [0.2, 0.25) is 0 Å². The fraction of sp³-hybridized carbons (Fsp3) is 0. The summed E-state index contributed by atoms with van der Waals surface area (Å²) in [6.07, 6.45) is 2.24. The van der Waals surface area contributed by atoms with Crippen molar-refractivity contribution in [2.45, 2.75) is 0 Å². The van der Waals surface area contributed by atoms with Gasteiger partial charge in [-0.1, -0.05) is 42.5 Å². The second-order valence-corrected chi connectivity index (χ2v) is 3.71. The highest BCUT2D eigenvalue weighted by Gasteiger charge is 2.01. The van der Waals surface area contributed by atoms with E-state index in [0.29, 0.717) is 11.3 Å². The van der Waals surface area contributed by atoms with Crippen molar-refractivity contribution in [3.8, 4) is 0 Å². The Balaban J connectivity index is 2.22. The fourth-order valence-electron chi connectivity index (χ4n) is 1.55. The van der Waals surface area contributed by atoms with E-state index in [0.717, 1.165) is 11.8 Å². The van der Waals surface area contributed by atoms with Crippen LogP contribution >= 0.6 is 0 Å². The molecule has 0 aromatic heterocycles. The summed E-state index contributed by atoms with van der Waals surface area (Å²) >= 11 is 0. The van der Waals surface area contributed by atoms with Crippen LogP contribution in [0.1, 0.15) is 5.56 Å². The third kappa shape index (κ3) is 2.83. The smallest absolute Gasteiger partial charge is 0.152 e. The number of hydrogen-bond donors (Lipinski definition) is 1. The first-order valence-corrected chi connectivity index (χ1v) is 5.53. The summed E-state index contributed by atoms with van der Waals surface area (Å²) in [5.41, 5.74) is 1.60. The van der Waals surface area contributed by atoms with Crippen LogP contribution in [0, 0.1) is 5.82 Å². The van der Waals surface area contributed by atoms with Crippen molar-refractivity contribution in [3.63, 3.8) is 0 Å². The Kier molecular flexibility index (Phi) is 3.86. The molecule has 3 heteroatoms. The molecule has 0 atom stereocenters. The molecule has 0 saturated heterocycles. The number of halogens is 1. The fourth-order valence-corrected chi connectivity index (χ4v) is 1.55. The summed E-state index contributed by atoms with van der Waals surface area (Å²) in [4.78, 5) is 11.0. The third-order valence-electron chi connectivity index (χ3n) is 2.49. The Hall–Kier alpha value is -2.42. The maximum absolute atomic E-state index is 13.4. The maximum Gasteiger partial charge on any atom is 0.152 e. The molecule has 0 aliphatic heterocycles. The van der Waals surface area contributed by atoms with Gasteiger partial charge in [0, 0.05) is 11.8 Å². The van der Waals surface area contributed by atoms with E-state index in [1.54, 1.807) is 18.2 Å². The lowest BCUT2D eigenvalue weighted by Gasteiger charge is -2.04. The van der Waals surface area contributed by atoms with Gasteiger partial charge < -0.3 is 5.32 Å². The first-order chi connectivity index (χ1) is 8.81. The number of rotatable bonds is 4. The third-order valence-corrected chi connectivity index (χ3v) is 2.49. The average molecular weight is 241 g/mol. The normalized spacial score (nSPS) is 11.1. The highest BCUT2D eigenvalue weighted by Crippen LogP contribution is 2.15. The van der Waals surface area contributed by atoms with Gasteiger partial charge in [0.05, 0.1) is 5.69 Å². The molecule has 0 fully saturated rings. The van der Waals surface area contributed by atoms with Gasteiger partial charge in [-0.05, 0) is 17.7 Å². The van der Waals surface area contributed by atoms with Gasteiger partial charge in [-0.15, -0.1) is 0 Å².